The number of hydrogen-bond donors (Lipinski definition) is 0. The van der Waals surface area contributed by atoms with Crippen molar-refractivity contribution in [2.24, 2.45) is 0 Å². The third-order valence-electron chi connectivity index (χ3n) is 2.33. The molecule has 0 spiro atoms. The largest absolute Gasteiger partial charge is 0.417 e. The van der Waals surface area contributed by atoms with Crippen molar-refractivity contribution in [3.05, 3.63) is 41.4 Å². The minimum atomic E-state index is -4.68. The zero-order chi connectivity index (χ0) is 13.3. The van der Waals surface area contributed by atoms with Gasteiger partial charge >= 0.3 is 6.18 Å². The second-order valence-electron chi connectivity index (χ2n) is 3.51. The fourth-order valence-electron chi connectivity index (χ4n) is 1.53. The average molecular weight is 280 g/mol. The molecule has 0 N–H and O–H groups in total. The lowest BCUT2D eigenvalue weighted by Gasteiger charge is -2.11. The maximum absolute atomic E-state index is 12.9. The van der Waals surface area contributed by atoms with Gasteiger partial charge < -0.3 is 4.52 Å². The number of nitrogens with zero attached hydrogens (tertiary/aromatic N) is 1. The van der Waals surface area contributed by atoms with E-state index in [9.17, 15) is 17.6 Å². The molecule has 7 heteroatoms. The highest BCUT2D eigenvalue weighted by atomic mass is 35.5. The summed E-state index contributed by atoms with van der Waals surface area (Å²) < 4.78 is 55.9. The third-order valence-corrected chi connectivity index (χ3v) is 2.62. The third kappa shape index (κ3) is 2.33. The van der Waals surface area contributed by atoms with Crippen LogP contribution in [0.15, 0.2) is 29.0 Å². The van der Waals surface area contributed by atoms with Gasteiger partial charge in [-0.15, -0.1) is 11.6 Å². The van der Waals surface area contributed by atoms with Gasteiger partial charge in [0, 0.05) is 11.1 Å². The van der Waals surface area contributed by atoms with E-state index in [1.165, 1.54) is 0 Å². The lowest BCUT2D eigenvalue weighted by atomic mass is 10.0. The lowest BCUT2D eigenvalue weighted by Crippen LogP contribution is -2.08. The van der Waals surface area contributed by atoms with Gasteiger partial charge in [-0.25, -0.2) is 4.39 Å². The van der Waals surface area contributed by atoms with Gasteiger partial charge in [0.25, 0.3) is 0 Å². The van der Waals surface area contributed by atoms with Gasteiger partial charge in [-0.1, -0.05) is 5.16 Å². The van der Waals surface area contributed by atoms with E-state index in [0.717, 1.165) is 18.4 Å². The molecule has 1 aromatic carbocycles. The summed E-state index contributed by atoms with van der Waals surface area (Å²) >= 11 is 5.57. The Morgan fingerprint density at radius 1 is 1.28 bits per heavy atom. The fourth-order valence-corrected chi connectivity index (χ4v) is 1.72. The molecule has 1 aromatic heterocycles. The van der Waals surface area contributed by atoms with Crippen LogP contribution in [0.5, 0.6) is 0 Å². The standard InChI is InChI=1S/C11H6ClF4NO/c12-4-6-5-18-17-10(6)8-2-1-7(13)3-9(8)11(14,15)16/h1-3,5H,4H2. The Hall–Kier alpha value is -1.56. The molecule has 0 saturated carbocycles. The first kappa shape index (κ1) is 12.9. The molecule has 0 bridgehead atoms. The van der Waals surface area contributed by atoms with Gasteiger partial charge in [0.15, 0.2) is 0 Å². The number of aromatic nitrogens is 1. The first-order valence-electron chi connectivity index (χ1n) is 4.80. The lowest BCUT2D eigenvalue weighted by molar-refractivity contribution is -0.137. The summed E-state index contributed by atoms with van der Waals surface area (Å²) in [4.78, 5) is 0. The number of halogens is 5. The molecular weight excluding hydrogens is 274 g/mol. The summed E-state index contributed by atoms with van der Waals surface area (Å²) in [6.07, 6.45) is -3.52. The van der Waals surface area contributed by atoms with Crippen molar-refractivity contribution < 1.29 is 22.1 Å². The van der Waals surface area contributed by atoms with E-state index in [-0.39, 0.29) is 17.1 Å². The maximum Gasteiger partial charge on any atom is 0.417 e. The molecule has 96 valence electrons. The summed E-state index contributed by atoms with van der Waals surface area (Å²) in [5.41, 5.74) is -1.08. The maximum atomic E-state index is 12.9. The molecule has 0 unspecified atom stereocenters. The van der Waals surface area contributed by atoms with Gasteiger partial charge in [-0.3, -0.25) is 0 Å². The van der Waals surface area contributed by atoms with E-state index >= 15 is 0 Å². The summed E-state index contributed by atoms with van der Waals surface area (Å²) in [6.45, 7) is 0. The predicted octanol–water partition coefficient (Wildman–Crippen LogP) is 4.24. The van der Waals surface area contributed by atoms with E-state index in [2.05, 4.69) is 9.68 Å². The van der Waals surface area contributed by atoms with Crippen molar-refractivity contribution in [3.8, 4) is 11.3 Å². The van der Waals surface area contributed by atoms with Crippen molar-refractivity contribution in [2.45, 2.75) is 12.1 Å². The molecule has 0 aliphatic rings. The monoisotopic (exact) mass is 279 g/mol. The highest BCUT2D eigenvalue weighted by molar-refractivity contribution is 6.17. The summed E-state index contributed by atoms with van der Waals surface area (Å²) in [5, 5.41) is 3.48. The molecule has 0 amide bonds. The van der Waals surface area contributed by atoms with Crippen molar-refractivity contribution in [1.29, 1.82) is 0 Å². The Kier molecular flexibility index (Phi) is 3.30. The zero-order valence-electron chi connectivity index (χ0n) is 8.76. The van der Waals surface area contributed by atoms with Gasteiger partial charge in [0.2, 0.25) is 0 Å². The minimum Gasteiger partial charge on any atom is -0.364 e. The Balaban J connectivity index is 2.65. The molecular formula is C11H6ClF4NO. The van der Waals surface area contributed by atoms with Gasteiger partial charge in [0.1, 0.15) is 17.8 Å². The summed E-state index contributed by atoms with van der Waals surface area (Å²) in [7, 11) is 0. The Morgan fingerprint density at radius 3 is 2.61 bits per heavy atom. The van der Waals surface area contributed by atoms with E-state index in [1.54, 1.807) is 0 Å². The highest BCUT2D eigenvalue weighted by Crippen LogP contribution is 2.38. The van der Waals surface area contributed by atoms with Crippen LogP contribution in [-0.4, -0.2) is 5.16 Å². The van der Waals surface area contributed by atoms with E-state index in [1.807, 2.05) is 0 Å². The molecule has 2 rings (SSSR count). The first-order chi connectivity index (χ1) is 8.43. The molecule has 0 aliphatic heterocycles. The zero-order valence-corrected chi connectivity index (χ0v) is 9.52. The molecule has 0 saturated heterocycles. The molecule has 0 radical (unpaired) electrons. The van der Waals surface area contributed by atoms with Crippen LogP contribution in [0, 0.1) is 5.82 Å². The van der Waals surface area contributed by atoms with Crippen molar-refractivity contribution in [3.63, 3.8) is 0 Å². The molecule has 2 aromatic rings. The van der Waals surface area contributed by atoms with E-state index in [4.69, 9.17) is 11.6 Å². The van der Waals surface area contributed by atoms with Crippen LogP contribution < -0.4 is 0 Å². The molecule has 0 aliphatic carbocycles. The van der Waals surface area contributed by atoms with Crippen LogP contribution in [0.4, 0.5) is 17.6 Å². The molecule has 0 atom stereocenters. The molecule has 1 heterocycles. The molecule has 2 nitrogen and oxygen atoms in total. The predicted molar refractivity (Wildman–Crippen MR) is 56.5 cm³/mol. The highest BCUT2D eigenvalue weighted by Gasteiger charge is 2.35. The smallest absolute Gasteiger partial charge is 0.364 e. The van der Waals surface area contributed by atoms with Gasteiger partial charge in [0.05, 0.1) is 11.4 Å². The second-order valence-corrected chi connectivity index (χ2v) is 3.78. The molecule has 0 fully saturated rings. The first-order valence-corrected chi connectivity index (χ1v) is 5.33. The van der Waals surface area contributed by atoms with Crippen molar-refractivity contribution >= 4 is 11.6 Å². The van der Waals surface area contributed by atoms with Crippen LogP contribution in [0.2, 0.25) is 0 Å². The van der Waals surface area contributed by atoms with Crippen molar-refractivity contribution in [1.82, 2.24) is 5.16 Å². The fraction of sp³-hybridized carbons (Fsp3) is 0.182. The number of benzene rings is 1. The molecule has 18 heavy (non-hydrogen) atoms. The van der Waals surface area contributed by atoms with Gasteiger partial charge in [-0.2, -0.15) is 13.2 Å². The normalized spacial score (nSPS) is 11.8. The van der Waals surface area contributed by atoms with Crippen LogP contribution in [0.1, 0.15) is 11.1 Å². The van der Waals surface area contributed by atoms with Crippen LogP contribution in [0.25, 0.3) is 11.3 Å². The van der Waals surface area contributed by atoms with Crippen LogP contribution in [-0.2, 0) is 12.1 Å². The van der Waals surface area contributed by atoms with E-state index < -0.39 is 17.6 Å². The summed E-state index contributed by atoms with van der Waals surface area (Å²) in [6, 6.07) is 2.35. The quantitative estimate of drug-likeness (QED) is 0.607. The van der Waals surface area contributed by atoms with Crippen molar-refractivity contribution in [2.75, 3.05) is 0 Å². The topological polar surface area (TPSA) is 26.0 Å². The second kappa shape index (κ2) is 4.61. The number of rotatable bonds is 2. The summed E-state index contributed by atoms with van der Waals surface area (Å²) in [5.74, 6) is -1.02. The Bertz CT molecular complexity index is 564. The SMILES string of the molecule is Fc1ccc(-c2nocc2CCl)c(C(F)(F)F)c1. The van der Waals surface area contributed by atoms with Crippen LogP contribution >= 0.6 is 11.6 Å². The van der Waals surface area contributed by atoms with Crippen LogP contribution in [0.3, 0.4) is 0 Å². The number of alkyl halides is 4. The number of hydrogen-bond acceptors (Lipinski definition) is 2. The van der Waals surface area contributed by atoms with E-state index in [0.29, 0.717) is 11.6 Å². The Morgan fingerprint density at radius 2 is 2.00 bits per heavy atom. The minimum absolute atomic E-state index is 0.0303. The van der Waals surface area contributed by atoms with Gasteiger partial charge in [-0.05, 0) is 18.2 Å². The average Bonchev–Trinajstić information content (AvgIpc) is 2.75. The Labute approximate surface area is 104 Å².